The van der Waals surface area contributed by atoms with E-state index in [4.69, 9.17) is 26.2 Å². The molecule has 2 fully saturated rings. The fraction of sp³-hybridized carbons (Fsp3) is 0.467. The van der Waals surface area contributed by atoms with Crippen LogP contribution in [-0.2, 0) is 14.2 Å². The molecule has 22 heavy (non-hydrogen) atoms. The van der Waals surface area contributed by atoms with E-state index in [0.717, 1.165) is 5.56 Å². The van der Waals surface area contributed by atoms with E-state index in [2.05, 4.69) is 15.9 Å². The number of hydrogen-bond acceptors (Lipinski definition) is 5. The minimum absolute atomic E-state index is 0.243. The normalized spacial score (nSPS) is 37.5. The summed E-state index contributed by atoms with van der Waals surface area (Å²) in [4.78, 5) is 2.79. The summed E-state index contributed by atoms with van der Waals surface area (Å²) < 4.78 is 17.1. The van der Waals surface area contributed by atoms with E-state index < -0.39 is 36.7 Å². The third kappa shape index (κ3) is 2.66. The molecule has 2 aliphatic heterocycles. The number of terminal acetylenes is 1. The summed E-state index contributed by atoms with van der Waals surface area (Å²) in [7, 11) is 0. The molecular formula is C15H15N3O4. The van der Waals surface area contributed by atoms with Gasteiger partial charge in [-0.1, -0.05) is 41.4 Å². The van der Waals surface area contributed by atoms with Crippen LogP contribution in [0.15, 0.2) is 35.4 Å². The van der Waals surface area contributed by atoms with Gasteiger partial charge in [0.05, 0.1) is 12.6 Å². The molecule has 7 heteroatoms. The van der Waals surface area contributed by atoms with Crippen LogP contribution >= 0.6 is 0 Å². The predicted octanol–water partition coefficient (Wildman–Crippen LogP) is 1.54. The summed E-state index contributed by atoms with van der Waals surface area (Å²) in [5, 5.41) is 13.9. The Morgan fingerprint density at radius 3 is 2.77 bits per heavy atom. The maximum atomic E-state index is 10.2. The van der Waals surface area contributed by atoms with Gasteiger partial charge in [-0.2, -0.15) is 0 Å². The lowest BCUT2D eigenvalue weighted by Gasteiger charge is -2.45. The maximum absolute atomic E-state index is 10.2. The van der Waals surface area contributed by atoms with Crippen LogP contribution in [0.25, 0.3) is 10.4 Å². The number of rotatable bonds is 2. The predicted molar refractivity (Wildman–Crippen MR) is 76.4 cm³/mol. The number of nitrogens with zero attached hydrogens (tertiary/aromatic N) is 3. The van der Waals surface area contributed by atoms with Gasteiger partial charge in [-0.05, 0) is 5.53 Å². The summed E-state index contributed by atoms with van der Waals surface area (Å²) in [6, 6.07) is 8.57. The number of fused-ring (bicyclic) bond motifs is 1. The third-order valence-electron chi connectivity index (χ3n) is 3.80. The molecule has 0 radical (unpaired) electrons. The molecule has 0 bridgehead atoms. The maximum Gasteiger partial charge on any atom is 0.184 e. The van der Waals surface area contributed by atoms with E-state index >= 15 is 0 Å². The molecule has 2 aliphatic rings. The van der Waals surface area contributed by atoms with Gasteiger partial charge in [0.15, 0.2) is 6.29 Å². The zero-order valence-corrected chi connectivity index (χ0v) is 11.6. The largest absolute Gasteiger partial charge is 0.389 e. The zero-order valence-electron chi connectivity index (χ0n) is 11.6. The highest BCUT2D eigenvalue weighted by Crippen LogP contribution is 2.35. The Morgan fingerprint density at radius 1 is 1.32 bits per heavy atom. The fourth-order valence-electron chi connectivity index (χ4n) is 2.72. The van der Waals surface area contributed by atoms with Crippen LogP contribution in [0, 0.1) is 12.3 Å². The molecule has 0 aromatic heterocycles. The van der Waals surface area contributed by atoms with Gasteiger partial charge in [0.1, 0.15) is 24.4 Å². The number of hydrogen-bond donors (Lipinski definition) is 1. The Kier molecular flexibility index (Phi) is 4.29. The van der Waals surface area contributed by atoms with Crippen molar-refractivity contribution in [1.29, 1.82) is 0 Å². The number of aliphatic hydroxyl groups is 1. The number of aliphatic hydroxyl groups excluding tert-OH is 1. The second kappa shape index (κ2) is 6.36. The van der Waals surface area contributed by atoms with Crippen LogP contribution in [-0.4, -0.2) is 42.2 Å². The Balaban J connectivity index is 1.84. The van der Waals surface area contributed by atoms with Crippen LogP contribution in [0.1, 0.15) is 11.9 Å². The topological polar surface area (TPSA) is 96.7 Å². The van der Waals surface area contributed by atoms with Gasteiger partial charge < -0.3 is 19.3 Å². The van der Waals surface area contributed by atoms with Crippen LogP contribution in [0.3, 0.4) is 0 Å². The van der Waals surface area contributed by atoms with Crippen LogP contribution in [0.2, 0.25) is 0 Å². The van der Waals surface area contributed by atoms with E-state index in [1.54, 1.807) is 0 Å². The number of ether oxygens (including phenoxy) is 3. The Bertz CT molecular complexity index is 611. The summed E-state index contributed by atoms with van der Waals surface area (Å²) in [6.07, 6.45) is 1.67. The molecule has 114 valence electrons. The SMILES string of the molecule is C#C[C@@H]1O[C@@H]2COC(c3ccccc3)O[C@@H]2C(N=[N+]=[N-])[C@H]1O. The Morgan fingerprint density at radius 2 is 2.09 bits per heavy atom. The molecule has 0 saturated carbocycles. The first-order valence-corrected chi connectivity index (χ1v) is 6.90. The Labute approximate surface area is 127 Å². The lowest BCUT2D eigenvalue weighted by Crippen LogP contribution is -2.60. The van der Waals surface area contributed by atoms with Crippen molar-refractivity contribution in [3.8, 4) is 12.3 Å². The minimum atomic E-state index is -1.11. The summed E-state index contributed by atoms with van der Waals surface area (Å²) >= 11 is 0. The van der Waals surface area contributed by atoms with E-state index in [9.17, 15) is 5.11 Å². The first kappa shape index (κ1) is 14.9. The highest BCUT2D eigenvalue weighted by molar-refractivity contribution is 5.17. The molecular weight excluding hydrogens is 286 g/mol. The molecule has 2 saturated heterocycles. The van der Waals surface area contributed by atoms with Crippen molar-refractivity contribution in [2.45, 2.75) is 36.7 Å². The van der Waals surface area contributed by atoms with E-state index in [1.165, 1.54) is 0 Å². The van der Waals surface area contributed by atoms with E-state index in [-0.39, 0.29) is 6.61 Å². The smallest absolute Gasteiger partial charge is 0.184 e. The van der Waals surface area contributed by atoms with Crippen molar-refractivity contribution in [2.24, 2.45) is 5.11 Å². The average Bonchev–Trinajstić information content (AvgIpc) is 2.57. The van der Waals surface area contributed by atoms with Crippen LogP contribution in [0.5, 0.6) is 0 Å². The molecule has 0 aliphatic carbocycles. The standard InChI is InChI=1S/C15H15N3O4/c1-2-10-13(19)12(17-18-16)14-11(21-10)8-20-15(22-14)9-6-4-3-5-7-9/h1,3-7,10-15,19H,8H2/t10-,11+,12?,13-,14-,15?/m0/s1. The lowest BCUT2D eigenvalue weighted by molar-refractivity contribution is -0.300. The van der Waals surface area contributed by atoms with Gasteiger partial charge in [-0.15, -0.1) is 6.42 Å². The van der Waals surface area contributed by atoms with E-state index in [1.807, 2.05) is 30.3 Å². The van der Waals surface area contributed by atoms with Crippen molar-refractivity contribution < 1.29 is 19.3 Å². The molecule has 7 nitrogen and oxygen atoms in total. The first-order chi connectivity index (χ1) is 10.7. The molecule has 1 aromatic carbocycles. The highest BCUT2D eigenvalue weighted by atomic mass is 16.7. The second-order valence-electron chi connectivity index (χ2n) is 5.12. The zero-order chi connectivity index (χ0) is 15.5. The van der Waals surface area contributed by atoms with Gasteiger partial charge >= 0.3 is 0 Å². The van der Waals surface area contributed by atoms with Gasteiger partial charge in [0.25, 0.3) is 0 Å². The van der Waals surface area contributed by atoms with Crippen molar-refractivity contribution in [3.05, 3.63) is 46.3 Å². The summed E-state index contributed by atoms with van der Waals surface area (Å²) in [5.74, 6) is 2.35. The first-order valence-electron chi connectivity index (χ1n) is 6.90. The Hall–Kier alpha value is -2.07. The van der Waals surface area contributed by atoms with E-state index in [0.29, 0.717) is 0 Å². The van der Waals surface area contributed by atoms with Crippen LogP contribution < -0.4 is 0 Å². The van der Waals surface area contributed by atoms with Gasteiger partial charge in [-0.3, -0.25) is 0 Å². The lowest BCUT2D eigenvalue weighted by atomic mass is 9.92. The molecule has 1 N–H and O–H groups in total. The second-order valence-corrected chi connectivity index (χ2v) is 5.12. The highest BCUT2D eigenvalue weighted by Gasteiger charge is 2.48. The number of azide groups is 1. The molecule has 3 rings (SSSR count). The van der Waals surface area contributed by atoms with Gasteiger partial charge in [0, 0.05) is 10.5 Å². The van der Waals surface area contributed by atoms with Crippen molar-refractivity contribution in [3.63, 3.8) is 0 Å². The molecule has 0 amide bonds. The summed E-state index contributed by atoms with van der Waals surface area (Å²) in [6.45, 7) is 0.243. The third-order valence-corrected chi connectivity index (χ3v) is 3.80. The van der Waals surface area contributed by atoms with Crippen molar-refractivity contribution in [2.75, 3.05) is 6.61 Å². The molecule has 2 heterocycles. The summed E-state index contributed by atoms with van der Waals surface area (Å²) in [5.41, 5.74) is 9.58. The van der Waals surface area contributed by atoms with Gasteiger partial charge in [-0.25, -0.2) is 0 Å². The number of benzene rings is 1. The fourth-order valence-corrected chi connectivity index (χ4v) is 2.72. The monoisotopic (exact) mass is 301 g/mol. The van der Waals surface area contributed by atoms with Crippen LogP contribution in [0.4, 0.5) is 0 Å². The minimum Gasteiger partial charge on any atom is -0.389 e. The van der Waals surface area contributed by atoms with Gasteiger partial charge in [0.2, 0.25) is 0 Å². The van der Waals surface area contributed by atoms with Crippen molar-refractivity contribution >= 4 is 0 Å². The quantitative estimate of drug-likeness (QED) is 0.388. The molecule has 0 spiro atoms. The van der Waals surface area contributed by atoms with Crippen molar-refractivity contribution in [1.82, 2.24) is 0 Å². The molecule has 2 unspecified atom stereocenters. The molecule has 6 atom stereocenters. The molecule has 1 aromatic rings. The average molecular weight is 301 g/mol.